The molecule has 1 unspecified atom stereocenters. The van der Waals surface area contributed by atoms with Gasteiger partial charge < -0.3 is 15.0 Å². The lowest BCUT2D eigenvalue weighted by Gasteiger charge is -2.28. The van der Waals surface area contributed by atoms with Crippen molar-refractivity contribution in [2.75, 3.05) is 32.1 Å². The van der Waals surface area contributed by atoms with E-state index in [1.807, 2.05) is 30.3 Å². The van der Waals surface area contributed by atoms with E-state index in [1.54, 1.807) is 18.4 Å². The number of methoxy groups -OCH3 is 1. The molecule has 2 heterocycles. The minimum absolute atomic E-state index is 0.0446. The lowest BCUT2D eigenvalue weighted by Crippen LogP contribution is -3.14. The van der Waals surface area contributed by atoms with Crippen LogP contribution in [0.5, 0.6) is 5.75 Å². The van der Waals surface area contributed by atoms with Crippen LogP contribution in [0.4, 0.5) is 5.69 Å². The van der Waals surface area contributed by atoms with Crippen molar-refractivity contribution < 1.29 is 14.4 Å². The molecule has 1 fully saturated rings. The van der Waals surface area contributed by atoms with E-state index in [4.69, 9.17) is 9.72 Å². The van der Waals surface area contributed by atoms with E-state index in [0.717, 1.165) is 42.9 Å². The standard InChI is InChI=1S/C21H23N3O2S/c1-26-17-8-4-7-16(12-17)22-20(25)14-24-11-5-6-15(13-24)21-23-18-9-2-3-10-19(18)27-21/h2-4,7-10,12,15H,5-6,11,13-14H2,1H3,(H,22,25)/p+1/t15-/m0/s1. The molecule has 2 atom stereocenters. The highest BCUT2D eigenvalue weighted by molar-refractivity contribution is 7.18. The fourth-order valence-corrected chi connectivity index (χ4v) is 4.82. The molecule has 0 radical (unpaired) electrons. The number of para-hydroxylation sites is 1. The number of benzene rings is 2. The lowest BCUT2D eigenvalue weighted by atomic mass is 9.99. The van der Waals surface area contributed by atoms with Crippen molar-refractivity contribution in [3.05, 3.63) is 53.5 Å². The number of fused-ring (bicyclic) bond motifs is 1. The number of aromatic nitrogens is 1. The van der Waals surface area contributed by atoms with Gasteiger partial charge in [0.05, 0.1) is 36.3 Å². The largest absolute Gasteiger partial charge is 0.497 e. The van der Waals surface area contributed by atoms with E-state index in [-0.39, 0.29) is 5.91 Å². The maximum atomic E-state index is 12.5. The highest BCUT2D eigenvalue weighted by atomic mass is 32.1. The second kappa shape index (κ2) is 8.06. The molecule has 1 aliphatic rings. The van der Waals surface area contributed by atoms with Crippen LogP contribution in [0.1, 0.15) is 23.8 Å². The van der Waals surface area contributed by atoms with E-state index in [1.165, 1.54) is 14.6 Å². The van der Waals surface area contributed by atoms with E-state index >= 15 is 0 Å². The zero-order valence-corrected chi connectivity index (χ0v) is 16.2. The van der Waals surface area contributed by atoms with Crippen molar-refractivity contribution in [1.29, 1.82) is 0 Å². The quantitative estimate of drug-likeness (QED) is 0.713. The lowest BCUT2D eigenvalue weighted by molar-refractivity contribution is -0.898. The number of amides is 1. The molecule has 4 rings (SSSR count). The SMILES string of the molecule is COc1cccc(NC(=O)C[NH+]2CCC[C@H](c3nc4ccccc4s3)C2)c1. The number of quaternary nitrogens is 1. The smallest absolute Gasteiger partial charge is 0.279 e. The molecular weight excluding hydrogens is 358 g/mol. The van der Waals surface area contributed by atoms with Gasteiger partial charge in [-0.2, -0.15) is 0 Å². The molecule has 6 heteroatoms. The van der Waals surface area contributed by atoms with E-state index in [0.29, 0.717) is 12.5 Å². The minimum Gasteiger partial charge on any atom is -0.497 e. The van der Waals surface area contributed by atoms with Gasteiger partial charge in [0.25, 0.3) is 5.91 Å². The Morgan fingerprint density at radius 3 is 3.04 bits per heavy atom. The third kappa shape index (κ3) is 4.28. The fraction of sp³-hybridized carbons (Fsp3) is 0.333. The average molecular weight is 383 g/mol. The van der Waals surface area contributed by atoms with E-state index in [2.05, 4.69) is 23.5 Å². The predicted octanol–water partition coefficient (Wildman–Crippen LogP) is 2.71. The number of ether oxygens (including phenoxy) is 1. The molecule has 0 saturated carbocycles. The van der Waals surface area contributed by atoms with Crippen molar-refractivity contribution in [3.8, 4) is 5.75 Å². The summed E-state index contributed by atoms with van der Waals surface area (Å²) in [6.45, 7) is 2.48. The second-order valence-electron chi connectivity index (χ2n) is 7.02. The number of carbonyl (C=O) groups is 1. The molecule has 1 aromatic heterocycles. The van der Waals surface area contributed by atoms with Gasteiger partial charge in [0, 0.05) is 11.8 Å². The minimum atomic E-state index is 0.0446. The average Bonchev–Trinajstić information content (AvgIpc) is 3.12. The molecule has 0 spiro atoms. The monoisotopic (exact) mass is 382 g/mol. The number of hydrogen-bond donors (Lipinski definition) is 2. The molecule has 5 nitrogen and oxygen atoms in total. The Labute approximate surface area is 163 Å². The zero-order valence-electron chi connectivity index (χ0n) is 15.4. The summed E-state index contributed by atoms with van der Waals surface area (Å²) in [5.41, 5.74) is 1.86. The summed E-state index contributed by atoms with van der Waals surface area (Å²) in [7, 11) is 1.63. The number of nitrogens with zero attached hydrogens (tertiary/aromatic N) is 1. The van der Waals surface area contributed by atoms with Crippen LogP contribution < -0.4 is 15.0 Å². The molecule has 2 aromatic carbocycles. The summed E-state index contributed by atoms with van der Waals surface area (Å²) < 4.78 is 6.46. The summed E-state index contributed by atoms with van der Waals surface area (Å²) in [4.78, 5) is 18.6. The first-order valence-electron chi connectivity index (χ1n) is 9.34. The zero-order chi connectivity index (χ0) is 18.6. The third-order valence-electron chi connectivity index (χ3n) is 5.04. The molecular formula is C21H24N3O2S+. The normalized spacial score (nSPS) is 19.7. The van der Waals surface area contributed by atoms with Crippen molar-refractivity contribution in [1.82, 2.24) is 4.98 Å². The number of nitrogens with one attached hydrogen (secondary N) is 2. The first-order valence-corrected chi connectivity index (χ1v) is 10.2. The van der Waals surface area contributed by atoms with Crippen LogP contribution in [0.2, 0.25) is 0 Å². The van der Waals surface area contributed by atoms with Crippen molar-refractivity contribution >= 4 is 33.1 Å². The summed E-state index contributed by atoms with van der Waals surface area (Å²) in [5.74, 6) is 1.23. The fourth-order valence-electron chi connectivity index (χ4n) is 3.72. The predicted molar refractivity (Wildman–Crippen MR) is 109 cm³/mol. The van der Waals surface area contributed by atoms with Gasteiger partial charge in [0.1, 0.15) is 10.8 Å². The molecule has 0 aliphatic carbocycles. The van der Waals surface area contributed by atoms with Gasteiger partial charge in [0.2, 0.25) is 0 Å². The molecule has 0 bridgehead atoms. The number of thiazole rings is 1. The molecule has 3 aromatic rings. The molecule has 1 saturated heterocycles. The number of carbonyl (C=O) groups excluding carboxylic acids is 1. The van der Waals surface area contributed by atoms with Crippen LogP contribution in [0, 0.1) is 0 Å². The number of hydrogen-bond acceptors (Lipinski definition) is 4. The molecule has 1 amide bonds. The molecule has 27 heavy (non-hydrogen) atoms. The highest BCUT2D eigenvalue weighted by Gasteiger charge is 2.28. The Morgan fingerprint density at radius 2 is 2.19 bits per heavy atom. The van der Waals surface area contributed by atoms with E-state index < -0.39 is 0 Å². The number of likely N-dealkylation sites (tertiary alicyclic amines) is 1. The highest BCUT2D eigenvalue weighted by Crippen LogP contribution is 2.30. The van der Waals surface area contributed by atoms with Crippen LogP contribution in [0.15, 0.2) is 48.5 Å². The summed E-state index contributed by atoms with van der Waals surface area (Å²) in [6.07, 6.45) is 2.28. The maximum Gasteiger partial charge on any atom is 0.279 e. The molecule has 2 N–H and O–H groups in total. The number of anilines is 1. The van der Waals surface area contributed by atoms with Gasteiger partial charge in [-0.05, 0) is 37.1 Å². The number of piperidine rings is 1. The Balaban J connectivity index is 1.38. The Morgan fingerprint density at radius 1 is 1.30 bits per heavy atom. The number of rotatable bonds is 5. The Hall–Kier alpha value is -2.44. The van der Waals surface area contributed by atoms with E-state index in [9.17, 15) is 4.79 Å². The molecule has 140 valence electrons. The Kier molecular flexibility index (Phi) is 5.36. The van der Waals surface area contributed by atoms with Crippen molar-refractivity contribution in [3.63, 3.8) is 0 Å². The van der Waals surface area contributed by atoms with Gasteiger partial charge in [-0.3, -0.25) is 4.79 Å². The van der Waals surface area contributed by atoms with Gasteiger partial charge in [-0.15, -0.1) is 11.3 Å². The molecule has 1 aliphatic heterocycles. The van der Waals surface area contributed by atoms with Gasteiger partial charge in [-0.1, -0.05) is 18.2 Å². The first kappa shape index (κ1) is 17.9. The first-order chi connectivity index (χ1) is 13.2. The van der Waals surface area contributed by atoms with Crippen LogP contribution in [0.25, 0.3) is 10.2 Å². The van der Waals surface area contributed by atoms with Crippen molar-refractivity contribution in [2.24, 2.45) is 0 Å². The van der Waals surface area contributed by atoms with Crippen LogP contribution in [-0.4, -0.2) is 37.6 Å². The van der Waals surface area contributed by atoms with Crippen LogP contribution in [0.3, 0.4) is 0 Å². The summed E-state index contributed by atoms with van der Waals surface area (Å²) >= 11 is 1.79. The van der Waals surface area contributed by atoms with Gasteiger partial charge >= 0.3 is 0 Å². The van der Waals surface area contributed by atoms with Gasteiger partial charge in [0.15, 0.2) is 6.54 Å². The van der Waals surface area contributed by atoms with Crippen LogP contribution in [-0.2, 0) is 4.79 Å². The topological polar surface area (TPSA) is 55.7 Å². The Bertz CT molecular complexity index is 907. The summed E-state index contributed by atoms with van der Waals surface area (Å²) in [5, 5.41) is 4.20. The third-order valence-corrected chi connectivity index (χ3v) is 6.24. The maximum absolute atomic E-state index is 12.5. The van der Waals surface area contributed by atoms with Crippen LogP contribution >= 0.6 is 11.3 Å². The van der Waals surface area contributed by atoms with Crippen molar-refractivity contribution in [2.45, 2.75) is 18.8 Å². The summed E-state index contributed by atoms with van der Waals surface area (Å²) in [6, 6.07) is 15.8. The van der Waals surface area contributed by atoms with Gasteiger partial charge in [-0.25, -0.2) is 4.98 Å². The second-order valence-corrected chi connectivity index (χ2v) is 8.08.